The Morgan fingerprint density at radius 1 is 1.26 bits per heavy atom. The van der Waals surface area contributed by atoms with Crippen LogP contribution in [0, 0.1) is 11.3 Å². The van der Waals surface area contributed by atoms with Gasteiger partial charge in [0.05, 0.1) is 0 Å². The largest absolute Gasteiger partial charge is 0.361 e. The molecule has 4 rings (SSSR count). The molecule has 1 saturated carbocycles. The van der Waals surface area contributed by atoms with E-state index in [0.29, 0.717) is 5.41 Å². The molecule has 4 heteroatoms. The second-order valence-corrected chi connectivity index (χ2v) is 7.12. The Balaban J connectivity index is 1.24. The van der Waals surface area contributed by atoms with Crippen molar-refractivity contribution in [2.45, 2.75) is 32.1 Å². The van der Waals surface area contributed by atoms with Gasteiger partial charge in [-0.05, 0) is 62.2 Å². The molecule has 1 amide bonds. The lowest BCUT2D eigenvalue weighted by atomic mass is 9.92. The fourth-order valence-corrected chi connectivity index (χ4v) is 4.15. The molecule has 2 heterocycles. The van der Waals surface area contributed by atoms with Crippen LogP contribution in [0.3, 0.4) is 0 Å². The zero-order chi connectivity index (χ0) is 15.7. The minimum atomic E-state index is 0.276. The lowest BCUT2D eigenvalue weighted by Crippen LogP contribution is -2.34. The van der Waals surface area contributed by atoms with Crippen LogP contribution in [0.2, 0.25) is 0 Å². The molecule has 2 aliphatic rings. The fourth-order valence-electron chi connectivity index (χ4n) is 4.15. The number of hydrogen-bond acceptors (Lipinski definition) is 2. The van der Waals surface area contributed by atoms with Crippen LogP contribution in [-0.2, 0) is 11.2 Å². The van der Waals surface area contributed by atoms with Gasteiger partial charge in [-0.2, -0.15) is 0 Å². The van der Waals surface area contributed by atoms with Crippen LogP contribution in [0.5, 0.6) is 0 Å². The van der Waals surface area contributed by atoms with Crippen LogP contribution >= 0.6 is 0 Å². The van der Waals surface area contributed by atoms with E-state index in [9.17, 15) is 4.79 Å². The molecule has 1 unspecified atom stereocenters. The monoisotopic (exact) mass is 311 g/mol. The van der Waals surface area contributed by atoms with Crippen molar-refractivity contribution in [2.24, 2.45) is 11.3 Å². The maximum absolute atomic E-state index is 12.3. The van der Waals surface area contributed by atoms with E-state index in [1.165, 1.54) is 29.3 Å². The van der Waals surface area contributed by atoms with Gasteiger partial charge in [-0.25, -0.2) is 0 Å². The number of para-hydroxylation sites is 1. The van der Waals surface area contributed by atoms with E-state index in [2.05, 4.69) is 46.1 Å². The van der Waals surface area contributed by atoms with Crippen molar-refractivity contribution in [2.75, 3.05) is 19.6 Å². The molecule has 0 bridgehead atoms. The smallest absolute Gasteiger partial charge is 0.223 e. The second-order valence-electron chi connectivity index (χ2n) is 7.12. The molecule has 1 aromatic carbocycles. The van der Waals surface area contributed by atoms with E-state index in [1.807, 2.05) is 0 Å². The van der Waals surface area contributed by atoms with Gasteiger partial charge in [0.2, 0.25) is 5.91 Å². The van der Waals surface area contributed by atoms with Crippen LogP contribution < -0.4 is 10.6 Å². The van der Waals surface area contributed by atoms with Gasteiger partial charge < -0.3 is 15.6 Å². The summed E-state index contributed by atoms with van der Waals surface area (Å²) >= 11 is 0. The molecule has 1 atom stereocenters. The summed E-state index contributed by atoms with van der Waals surface area (Å²) in [6.45, 7) is 2.93. The number of amides is 1. The molecule has 23 heavy (non-hydrogen) atoms. The van der Waals surface area contributed by atoms with Gasteiger partial charge >= 0.3 is 0 Å². The SMILES string of the molecule is O=C(NCCCc1c[nH]c2ccccc12)C1CC12CCNCC2. The number of rotatable bonds is 5. The number of H-pyrrole nitrogens is 1. The third-order valence-corrected chi connectivity index (χ3v) is 5.70. The first kappa shape index (κ1) is 14.8. The number of piperidine rings is 1. The molecule has 2 fully saturated rings. The Hall–Kier alpha value is -1.81. The summed E-state index contributed by atoms with van der Waals surface area (Å²) in [5.41, 5.74) is 2.88. The number of benzene rings is 1. The lowest BCUT2D eigenvalue weighted by molar-refractivity contribution is -0.123. The van der Waals surface area contributed by atoms with Gasteiger partial charge in [-0.3, -0.25) is 4.79 Å². The minimum Gasteiger partial charge on any atom is -0.361 e. The van der Waals surface area contributed by atoms with Crippen molar-refractivity contribution >= 4 is 16.8 Å². The summed E-state index contributed by atoms with van der Waals surface area (Å²) in [6.07, 6.45) is 7.53. The Morgan fingerprint density at radius 3 is 2.96 bits per heavy atom. The molecule has 1 spiro atoms. The average Bonchev–Trinajstić information content (AvgIpc) is 3.12. The summed E-state index contributed by atoms with van der Waals surface area (Å²) in [6, 6.07) is 8.39. The summed E-state index contributed by atoms with van der Waals surface area (Å²) in [5.74, 6) is 0.559. The number of fused-ring (bicyclic) bond motifs is 1. The first-order chi connectivity index (χ1) is 11.3. The van der Waals surface area contributed by atoms with E-state index < -0.39 is 0 Å². The molecule has 1 aromatic heterocycles. The number of hydrogen-bond donors (Lipinski definition) is 3. The molecule has 1 aliphatic carbocycles. The minimum absolute atomic E-state index is 0.276. The highest BCUT2D eigenvalue weighted by atomic mass is 16.2. The molecule has 2 aromatic rings. The van der Waals surface area contributed by atoms with Crippen LogP contribution in [-0.4, -0.2) is 30.5 Å². The van der Waals surface area contributed by atoms with E-state index in [1.54, 1.807) is 0 Å². The van der Waals surface area contributed by atoms with Crippen molar-refractivity contribution in [1.82, 2.24) is 15.6 Å². The van der Waals surface area contributed by atoms with E-state index >= 15 is 0 Å². The Kier molecular flexibility index (Phi) is 3.85. The molecule has 0 radical (unpaired) electrons. The van der Waals surface area contributed by atoms with Crippen LogP contribution in [0.1, 0.15) is 31.2 Å². The first-order valence-electron chi connectivity index (χ1n) is 8.82. The highest BCUT2D eigenvalue weighted by molar-refractivity contribution is 5.83. The molecular formula is C19H25N3O. The highest BCUT2D eigenvalue weighted by Gasteiger charge is 2.57. The molecular weight excluding hydrogens is 286 g/mol. The van der Waals surface area contributed by atoms with Crippen molar-refractivity contribution < 1.29 is 4.79 Å². The van der Waals surface area contributed by atoms with Gasteiger partial charge in [0.15, 0.2) is 0 Å². The number of carbonyl (C=O) groups excluding carboxylic acids is 1. The summed E-state index contributed by atoms with van der Waals surface area (Å²) in [4.78, 5) is 15.6. The van der Waals surface area contributed by atoms with E-state index in [-0.39, 0.29) is 11.8 Å². The van der Waals surface area contributed by atoms with Gasteiger partial charge in [0.1, 0.15) is 0 Å². The number of carbonyl (C=O) groups is 1. The number of aryl methyl sites for hydroxylation is 1. The van der Waals surface area contributed by atoms with Crippen LogP contribution in [0.4, 0.5) is 0 Å². The number of aromatic nitrogens is 1. The average molecular weight is 311 g/mol. The molecule has 3 N–H and O–H groups in total. The van der Waals surface area contributed by atoms with E-state index in [0.717, 1.165) is 38.9 Å². The van der Waals surface area contributed by atoms with Gasteiger partial charge in [-0.1, -0.05) is 18.2 Å². The zero-order valence-corrected chi connectivity index (χ0v) is 13.5. The standard InChI is InChI=1S/C19H25N3O/c23-18(16-12-19(16)7-10-20-11-8-19)21-9-3-4-14-13-22-17-6-2-1-5-15(14)17/h1-2,5-6,13,16,20,22H,3-4,7-12H2,(H,21,23). The Bertz CT molecular complexity index is 699. The summed E-state index contributed by atoms with van der Waals surface area (Å²) < 4.78 is 0. The van der Waals surface area contributed by atoms with Gasteiger partial charge in [0, 0.05) is 29.6 Å². The molecule has 122 valence electrons. The van der Waals surface area contributed by atoms with Crippen molar-refractivity contribution in [3.63, 3.8) is 0 Å². The highest BCUT2D eigenvalue weighted by Crippen LogP contribution is 2.58. The maximum Gasteiger partial charge on any atom is 0.223 e. The first-order valence-corrected chi connectivity index (χ1v) is 8.82. The number of aromatic amines is 1. The molecule has 4 nitrogen and oxygen atoms in total. The van der Waals surface area contributed by atoms with Crippen molar-refractivity contribution in [3.8, 4) is 0 Å². The summed E-state index contributed by atoms with van der Waals surface area (Å²) in [7, 11) is 0. The predicted octanol–water partition coefficient (Wildman–Crippen LogP) is 2.61. The fraction of sp³-hybridized carbons (Fsp3) is 0.526. The van der Waals surface area contributed by atoms with Gasteiger partial charge in [0.25, 0.3) is 0 Å². The topological polar surface area (TPSA) is 56.9 Å². The van der Waals surface area contributed by atoms with Crippen LogP contribution in [0.15, 0.2) is 30.5 Å². The maximum atomic E-state index is 12.3. The third kappa shape index (κ3) is 2.88. The molecule has 1 saturated heterocycles. The number of nitrogens with one attached hydrogen (secondary N) is 3. The van der Waals surface area contributed by atoms with Crippen molar-refractivity contribution in [1.29, 1.82) is 0 Å². The van der Waals surface area contributed by atoms with Crippen molar-refractivity contribution in [3.05, 3.63) is 36.0 Å². The quantitative estimate of drug-likeness (QED) is 0.744. The Morgan fingerprint density at radius 2 is 2.09 bits per heavy atom. The second kappa shape index (κ2) is 6.00. The van der Waals surface area contributed by atoms with E-state index in [4.69, 9.17) is 0 Å². The predicted molar refractivity (Wildman–Crippen MR) is 92.3 cm³/mol. The Labute approximate surface area is 137 Å². The normalized spacial score (nSPS) is 22.3. The summed E-state index contributed by atoms with van der Waals surface area (Å²) in [5, 5.41) is 7.85. The lowest BCUT2D eigenvalue weighted by Gasteiger charge is -2.23. The van der Waals surface area contributed by atoms with Crippen LogP contribution in [0.25, 0.3) is 10.9 Å². The zero-order valence-electron chi connectivity index (χ0n) is 13.5. The molecule has 1 aliphatic heterocycles. The third-order valence-electron chi connectivity index (χ3n) is 5.70. The van der Waals surface area contributed by atoms with Gasteiger partial charge in [-0.15, -0.1) is 0 Å².